The van der Waals surface area contributed by atoms with Crippen LogP contribution in [0.1, 0.15) is 201 Å². The molecule has 3 fully saturated rings. The molecule has 5 rings (SSSR count). The summed E-state index contributed by atoms with van der Waals surface area (Å²) in [5.74, 6) is -6.55. The van der Waals surface area contributed by atoms with Crippen LogP contribution in [0.15, 0.2) is 41.1 Å². The molecule has 7 N–H and O–H groups in total. The molecule has 1 saturated heterocycles. The molecule has 4 aliphatic rings. The van der Waals surface area contributed by atoms with Crippen molar-refractivity contribution >= 4 is 135 Å². The van der Waals surface area contributed by atoms with Crippen molar-refractivity contribution in [3.8, 4) is 0 Å². The van der Waals surface area contributed by atoms with Crippen molar-refractivity contribution in [3.63, 3.8) is 0 Å². The van der Waals surface area contributed by atoms with Crippen LogP contribution in [-0.2, 0) is 67.1 Å². The van der Waals surface area contributed by atoms with Gasteiger partial charge in [-0.05, 0) is 83.0 Å². The van der Waals surface area contributed by atoms with Gasteiger partial charge in [0.15, 0.2) is 0 Å². The first-order valence-electron chi connectivity index (χ1n) is 33.7. The van der Waals surface area contributed by atoms with Gasteiger partial charge in [0.2, 0.25) is 35.4 Å². The number of carboxylic acid groups (broad SMARTS) is 2. The Kier molecular flexibility index (Phi) is 52.2. The molecule has 1 aromatic rings. The van der Waals surface area contributed by atoms with Gasteiger partial charge >= 0.3 is 148 Å². The van der Waals surface area contributed by atoms with E-state index in [1.54, 1.807) is 0 Å². The molecule has 2 aliphatic heterocycles. The molecule has 0 bridgehead atoms. The molecule has 30 nitrogen and oxygen atoms in total. The van der Waals surface area contributed by atoms with Crippen molar-refractivity contribution in [2.24, 2.45) is 28.3 Å². The minimum atomic E-state index is -1.20. The Bertz CT molecular complexity index is 3000. The number of nitro benzene ring substituents is 1. The Morgan fingerprint density at radius 1 is 0.602 bits per heavy atom. The number of likely N-dealkylation sites (tertiary alicyclic amines) is 1. The molecule has 2 unspecified atom stereocenters. The van der Waals surface area contributed by atoms with Gasteiger partial charge in [-0.1, -0.05) is 49.0 Å². The summed E-state index contributed by atoms with van der Waals surface area (Å²) < 4.78 is 3.72. The van der Waals surface area contributed by atoms with Crippen molar-refractivity contribution in [2.75, 3.05) is 78.1 Å². The van der Waals surface area contributed by atoms with Gasteiger partial charge in [0, 0.05) is 99.7 Å². The molecule has 0 spiro atoms. The van der Waals surface area contributed by atoms with Gasteiger partial charge in [-0.15, -0.1) is 11.8 Å². The summed E-state index contributed by atoms with van der Waals surface area (Å²) in [5.41, 5.74) is -0.0454. The molecular weight excluding hydrogens is 1390 g/mol. The maximum Gasteiger partial charge on any atom is 0.322 e. The van der Waals surface area contributed by atoms with Crippen LogP contribution in [-0.4, -0.2) is 214 Å². The van der Waals surface area contributed by atoms with Crippen LogP contribution in [0.4, 0.5) is 5.69 Å². The number of amides is 10. The fourth-order valence-corrected chi connectivity index (χ4v) is 12.8. The second-order valence-electron chi connectivity index (χ2n) is 24.6. The number of carboxylic acids is 2. The van der Waals surface area contributed by atoms with E-state index in [1.807, 2.05) is 7.05 Å². The average Bonchev–Trinajstić information content (AvgIpc) is 1.82. The third-order valence-electron chi connectivity index (χ3n) is 17.0. The molecule has 0 aromatic heterocycles. The fourth-order valence-electron chi connectivity index (χ4n) is 11.6. The van der Waals surface area contributed by atoms with Crippen molar-refractivity contribution in [1.82, 2.24) is 46.1 Å². The van der Waals surface area contributed by atoms with Crippen LogP contribution < -0.4 is 26.5 Å². The van der Waals surface area contributed by atoms with Gasteiger partial charge in [-0.25, -0.2) is 0 Å². The van der Waals surface area contributed by atoms with Crippen LogP contribution in [0.3, 0.4) is 0 Å². The van der Waals surface area contributed by atoms with Crippen LogP contribution in [0.25, 0.3) is 0 Å². The van der Waals surface area contributed by atoms with Gasteiger partial charge in [-0.2, -0.15) is 12.6 Å². The number of nitro groups is 1. The number of ketones is 3. The van der Waals surface area contributed by atoms with Crippen LogP contribution >= 0.6 is 33.8 Å². The van der Waals surface area contributed by atoms with Crippen molar-refractivity contribution in [1.29, 1.82) is 0 Å². The summed E-state index contributed by atoms with van der Waals surface area (Å²) in [6.45, 7) is 2.13. The Balaban J connectivity index is 0. The van der Waals surface area contributed by atoms with E-state index in [1.165, 1.54) is 31.5 Å². The molecule has 2 saturated carbocycles. The molecule has 6 atom stereocenters. The number of carbonyl (C=O) groups is 15. The SMILES string of the molecule is C.C.C.C.CN(CCCCCC(=O)CCCS)CCCC(=O)[C@H]1CCCC[C@H]1C(=O)NB=NP.CN(CCCCCC(=O)NCSC1CC(=O)N(CCC(=O)NCC(=O)O)C1=O)CCCC(=O)[C@H]1CCCC[C@H]1C(=O)NC(=O)c1ccc([N+](=O)[O-])cc1.O=C(O)CNC(=O)CCN1C(=O)C=CC1=O. The number of nitrogens with one attached hydrogen (secondary N) is 5. The van der Waals surface area contributed by atoms with Crippen LogP contribution in [0.2, 0.25) is 0 Å². The number of carbonyl (C=O) groups excluding carboxylic acids is 13. The number of thiol groups is 1. The second kappa shape index (κ2) is 55.1. The zero-order valence-corrected chi connectivity index (χ0v) is 59.5. The largest absolute Gasteiger partial charge is 0.480 e. The summed E-state index contributed by atoms with van der Waals surface area (Å²) in [4.78, 5) is 195. The number of hydrogen-bond donors (Lipinski definition) is 8. The molecule has 578 valence electrons. The summed E-state index contributed by atoms with van der Waals surface area (Å²) in [6.07, 6.45) is 18.5. The maximum atomic E-state index is 13.1. The number of benzene rings is 1. The van der Waals surface area contributed by atoms with E-state index in [2.05, 4.69) is 70.0 Å². The smallest absolute Gasteiger partial charge is 0.322 e. The molecule has 103 heavy (non-hydrogen) atoms. The van der Waals surface area contributed by atoms with Gasteiger partial charge in [0.05, 0.1) is 16.1 Å². The van der Waals surface area contributed by atoms with E-state index in [4.69, 9.17) is 10.2 Å². The van der Waals surface area contributed by atoms with E-state index < -0.39 is 94.3 Å². The number of rotatable bonds is 43. The molecule has 2 aliphatic carbocycles. The minimum Gasteiger partial charge on any atom is -0.480 e. The van der Waals surface area contributed by atoms with E-state index in [-0.39, 0.29) is 114 Å². The zero-order chi connectivity index (χ0) is 73.2. The summed E-state index contributed by atoms with van der Waals surface area (Å²) in [5, 5.41) is 39.2. The van der Waals surface area contributed by atoms with Gasteiger partial charge in [-0.3, -0.25) is 87.6 Å². The summed E-state index contributed by atoms with van der Waals surface area (Å²) >= 11 is 5.28. The van der Waals surface area contributed by atoms with E-state index in [0.29, 0.717) is 70.1 Å². The summed E-state index contributed by atoms with van der Waals surface area (Å²) in [6, 6.07) is 4.95. The predicted molar refractivity (Wildman–Crippen MR) is 400 cm³/mol. The number of Topliss-reactive ketones (excluding diaryl/α,β-unsaturated/α-hetero) is 3. The number of unbranched alkanes of at least 4 members (excludes halogenated alkanes) is 4. The van der Waals surface area contributed by atoms with Gasteiger partial charge in [0.1, 0.15) is 24.7 Å². The maximum absolute atomic E-state index is 13.1. The van der Waals surface area contributed by atoms with E-state index >= 15 is 0 Å². The molecule has 1 aromatic carbocycles. The monoisotopic (exact) mass is 1510 g/mol. The first-order chi connectivity index (χ1) is 47.3. The Hall–Kier alpha value is -7.48. The van der Waals surface area contributed by atoms with Gasteiger partial charge in [0.25, 0.3) is 23.4 Å². The molecular formula is C69H113BN11O19PS2. The Labute approximate surface area is 619 Å². The second-order valence-corrected chi connectivity index (χ2v) is 26.6. The third kappa shape index (κ3) is 39.3. The zero-order valence-electron chi connectivity index (χ0n) is 56.6. The summed E-state index contributed by atoms with van der Waals surface area (Å²) in [7, 11) is 7.60. The first-order valence-corrected chi connectivity index (χ1v) is 35.9. The molecule has 2 heterocycles. The number of imide groups is 3. The van der Waals surface area contributed by atoms with E-state index in [0.717, 1.165) is 143 Å². The number of non-ortho nitro benzene ring substituents is 1. The molecule has 34 heteroatoms. The normalized spacial score (nSPS) is 17.3. The van der Waals surface area contributed by atoms with Crippen LogP contribution in [0.5, 0.6) is 0 Å². The first kappa shape index (κ1) is 97.6. The number of thioether (sulfide) groups is 1. The quantitative estimate of drug-likeness (QED) is 0.00493. The average molecular weight is 1510 g/mol. The van der Waals surface area contributed by atoms with Crippen LogP contribution in [0, 0.1) is 33.8 Å². The van der Waals surface area contributed by atoms with Crippen molar-refractivity contribution in [2.45, 2.75) is 195 Å². The van der Waals surface area contributed by atoms with E-state index in [9.17, 15) is 82.0 Å². The molecule has 0 radical (unpaired) electrons. The van der Waals surface area contributed by atoms with Crippen molar-refractivity contribution < 1.29 is 87.1 Å². The van der Waals surface area contributed by atoms with Gasteiger partial charge < -0.3 is 31.1 Å². The minimum absolute atomic E-state index is 0. The predicted octanol–water partition coefficient (Wildman–Crippen LogP) is 6.69. The Morgan fingerprint density at radius 2 is 1.05 bits per heavy atom. The molecule has 10 amide bonds. The number of aliphatic carboxylic acids is 2. The number of nitrogens with zero attached hydrogens (tertiary/aromatic N) is 6. The standard InChI is InChI=1S/C35H48N6O11S.C21H39BN3O3PS.C9H10N2O5.4CH4/c1-39(17-6-2-3-11-29(43)37-22-53-28-20-31(45)40(35(28)50)19-16-30(44)36-21-32(46)47)18-7-10-27(42)25-8-4-5-9-26(25)34(49)38-33(48)23-12-14-24(15-13-23)41(51)52;1-25(14-6-2-3-9-17(26)10-8-16-30)15-7-13-20(27)18-11-4-5-12-19(18)21(28)23-22-24-29;12-6(10-5-9(15)16)3-4-11-7(13)1-2-8(11)14;;;;/h12-15,25-26,28H,2-11,16-22H2,1H3,(H,36,44)(H,37,43)(H,46,47)(H,38,48,49);18-19,30H,2-16,29H2,1H3,(H,23,28);1-2H,3-5H2,(H,10,12)(H,15,16);4*1H4/t25-,26+,28?;18-,19+;;;;;/m00...../s1. The third-order valence-corrected chi connectivity index (χ3v) is 18.6. The fraction of sp³-hybridized carbons (Fsp3) is 0.667. The number of hydrogen-bond acceptors (Lipinski definition) is 22. The Morgan fingerprint density at radius 3 is 1.52 bits per heavy atom. The topological polar surface area (TPSA) is 425 Å². The van der Waals surface area contributed by atoms with Crippen molar-refractivity contribution in [3.05, 3.63) is 52.1 Å².